The van der Waals surface area contributed by atoms with Crippen molar-refractivity contribution in [3.8, 4) is 0 Å². The van der Waals surface area contributed by atoms with Crippen molar-refractivity contribution >= 4 is 11.6 Å². The minimum Gasteiger partial charge on any atom is -0.327 e. The smallest absolute Gasteiger partial charge is 0.228 e. The fourth-order valence-corrected chi connectivity index (χ4v) is 1.37. The Hall–Kier alpha value is -1.35. The number of nitrogens with two attached hydrogens (primary N) is 1. The molecule has 88 valence electrons. The van der Waals surface area contributed by atoms with E-state index >= 15 is 0 Å². The first kappa shape index (κ1) is 12.7. The van der Waals surface area contributed by atoms with Crippen LogP contribution in [0.25, 0.3) is 0 Å². The molecule has 1 aromatic rings. The third-order valence-corrected chi connectivity index (χ3v) is 3.06. The Morgan fingerprint density at radius 2 is 1.94 bits per heavy atom. The molecule has 0 fully saturated rings. The van der Waals surface area contributed by atoms with Crippen molar-refractivity contribution in [1.82, 2.24) is 0 Å². The fourth-order valence-electron chi connectivity index (χ4n) is 1.37. The number of rotatable bonds is 3. The third-order valence-electron chi connectivity index (χ3n) is 3.06. The predicted molar refractivity (Wildman–Crippen MR) is 67.4 cm³/mol. The number of anilines is 1. The first-order valence-corrected chi connectivity index (χ1v) is 5.56. The molecule has 0 spiro atoms. The largest absolute Gasteiger partial charge is 0.327 e. The minimum atomic E-state index is -0.181. The van der Waals surface area contributed by atoms with Crippen LogP contribution in [0.2, 0.25) is 0 Å². The molecular formula is C13H20N2O. The number of aryl methyl sites for hydroxylation is 1. The summed E-state index contributed by atoms with van der Waals surface area (Å²) in [6, 6.07) is 5.74. The van der Waals surface area contributed by atoms with Crippen LogP contribution < -0.4 is 11.1 Å². The second kappa shape index (κ2) is 5.12. The van der Waals surface area contributed by atoms with Gasteiger partial charge in [0.25, 0.3) is 0 Å². The maximum atomic E-state index is 11.8. The summed E-state index contributed by atoms with van der Waals surface area (Å²) in [5.74, 6) is -0.205. The maximum Gasteiger partial charge on any atom is 0.228 e. The van der Waals surface area contributed by atoms with Gasteiger partial charge >= 0.3 is 0 Å². The minimum absolute atomic E-state index is 0.0244. The molecule has 1 aromatic carbocycles. The van der Waals surface area contributed by atoms with Crippen LogP contribution in [-0.2, 0) is 4.79 Å². The molecule has 3 nitrogen and oxygen atoms in total. The highest BCUT2D eigenvalue weighted by Crippen LogP contribution is 2.18. The van der Waals surface area contributed by atoms with E-state index in [0.717, 1.165) is 11.3 Å². The highest BCUT2D eigenvalue weighted by Gasteiger charge is 2.17. The van der Waals surface area contributed by atoms with Gasteiger partial charge in [-0.2, -0.15) is 0 Å². The Morgan fingerprint density at radius 1 is 1.31 bits per heavy atom. The van der Waals surface area contributed by atoms with Crippen molar-refractivity contribution in [2.75, 3.05) is 5.32 Å². The van der Waals surface area contributed by atoms with Crippen LogP contribution in [0.15, 0.2) is 18.2 Å². The molecule has 0 heterocycles. The van der Waals surface area contributed by atoms with Gasteiger partial charge in [-0.3, -0.25) is 4.79 Å². The van der Waals surface area contributed by atoms with Crippen molar-refractivity contribution in [3.05, 3.63) is 29.3 Å². The van der Waals surface area contributed by atoms with Crippen molar-refractivity contribution < 1.29 is 4.79 Å². The number of benzene rings is 1. The second-order valence-corrected chi connectivity index (χ2v) is 4.38. The monoisotopic (exact) mass is 220 g/mol. The summed E-state index contributed by atoms with van der Waals surface area (Å²) in [7, 11) is 0. The zero-order valence-electron chi connectivity index (χ0n) is 10.4. The van der Waals surface area contributed by atoms with Gasteiger partial charge in [-0.1, -0.05) is 19.1 Å². The lowest BCUT2D eigenvalue weighted by Crippen LogP contribution is -2.34. The Labute approximate surface area is 97.0 Å². The van der Waals surface area contributed by atoms with Gasteiger partial charge in [-0.25, -0.2) is 0 Å². The Bertz CT molecular complexity index is 386. The van der Waals surface area contributed by atoms with E-state index in [-0.39, 0.29) is 17.9 Å². The van der Waals surface area contributed by atoms with E-state index in [1.165, 1.54) is 5.56 Å². The summed E-state index contributed by atoms with van der Waals surface area (Å²) < 4.78 is 0. The zero-order valence-corrected chi connectivity index (χ0v) is 10.4. The van der Waals surface area contributed by atoms with Gasteiger partial charge in [0.2, 0.25) is 5.91 Å². The number of carbonyl (C=O) groups is 1. The zero-order chi connectivity index (χ0) is 12.3. The lowest BCUT2D eigenvalue weighted by molar-refractivity contribution is -0.119. The molecule has 16 heavy (non-hydrogen) atoms. The quantitative estimate of drug-likeness (QED) is 0.820. The SMILES string of the molecule is Cc1cccc(NC(=O)C(C)C(C)N)c1C. The molecule has 0 aliphatic heterocycles. The van der Waals surface area contributed by atoms with Crippen molar-refractivity contribution in [2.45, 2.75) is 33.7 Å². The van der Waals surface area contributed by atoms with E-state index in [1.807, 2.05) is 45.9 Å². The van der Waals surface area contributed by atoms with E-state index in [2.05, 4.69) is 5.32 Å². The molecule has 3 N–H and O–H groups in total. The Balaban J connectivity index is 2.81. The Morgan fingerprint density at radius 3 is 2.50 bits per heavy atom. The standard InChI is InChI=1S/C13H20N2O/c1-8-6-5-7-12(9(8)2)15-13(16)10(3)11(4)14/h5-7,10-11H,14H2,1-4H3,(H,15,16). The van der Waals surface area contributed by atoms with E-state index in [4.69, 9.17) is 5.73 Å². The van der Waals surface area contributed by atoms with Gasteiger partial charge in [-0.05, 0) is 38.0 Å². The van der Waals surface area contributed by atoms with Crippen LogP contribution in [0.3, 0.4) is 0 Å². The van der Waals surface area contributed by atoms with Crippen LogP contribution in [0, 0.1) is 19.8 Å². The van der Waals surface area contributed by atoms with Crippen LogP contribution in [0.4, 0.5) is 5.69 Å². The van der Waals surface area contributed by atoms with E-state index in [0.29, 0.717) is 0 Å². The van der Waals surface area contributed by atoms with Gasteiger partial charge in [0, 0.05) is 11.7 Å². The Kier molecular flexibility index (Phi) is 4.07. The molecular weight excluding hydrogens is 200 g/mol. The van der Waals surface area contributed by atoms with Crippen molar-refractivity contribution in [1.29, 1.82) is 0 Å². The predicted octanol–water partition coefficient (Wildman–Crippen LogP) is 2.23. The number of hydrogen-bond acceptors (Lipinski definition) is 2. The van der Waals surface area contributed by atoms with Gasteiger partial charge in [0.05, 0.1) is 5.92 Å². The second-order valence-electron chi connectivity index (χ2n) is 4.38. The average molecular weight is 220 g/mol. The molecule has 0 aliphatic carbocycles. The molecule has 1 rings (SSSR count). The van der Waals surface area contributed by atoms with Crippen LogP contribution in [0.1, 0.15) is 25.0 Å². The topological polar surface area (TPSA) is 55.1 Å². The summed E-state index contributed by atoms with van der Waals surface area (Å²) in [4.78, 5) is 11.8. The van der Waals surface area contributed by atoms with E-state index in [1.54, 1.807) is 0 Å². The molecule has 0 radical (unpaired) electrons. The summed E-state index contributed by atoms with van der Waals surface area (Å²) in [5.41, 5.74) is 8.85. The first-order valence-electron chi connectivity index (χ1n) is 5.56. The molecule has 0 aliphatic rings. The summed E-state index contributed by atoms with van der Waals surface area (Å²) >= 11 is 0. The third kappa shape index (κ3) is 2.83. The van der Waals surface area contributed by atoms with Crippen molar-refractivity contribution in [3.63, 3.8) is 0 Å². The van der Waals surface area contributed by atoms with Crippen LogP contribution >= 0.6 is 0 Å². The molecule has 2 unspecified atom stereocenters. The van der Waals surface area contributed by atoms with Gasteiger partial charge in [-0.15, -0.1) is 0 Å². The maximum absolute atomic E-state index is 11.8. The van der Waals surface area contributed by atoms with Gasteiger partial charge < -0.3 is 11.1 Å². The van der Waals surface area contributed by atoms with Gasteiger partial charge in [0.15, 0.2) is 0 Å². The molecule has 3 heteroatoms. The molecule has 0 aromatic heterocycles. The average Bonchev–Trinajstić information content (AvgIpc) is 2.23. The lowest BCUT2D eigenvalue weighted by atomic mass is 10.0. The summed E-state index contributed by atoms with van der Waals surface area (Å²) in [5, 5.41) is 2.91. The number of hydrogen-bond donors (Lipinski definition) is 2. The fraction of sp³-hybridized carbons (Fsp3) is 0.462. The summed E-state index contributed by atoms with van der Waals surface area (Å²) in [6.07, 6.45) is 0. The highest BCUT2D eigenvalue weighted by atomic mass is 16.1. The van der Waals surface area contributed by atoms with E-state index in [9.17, 15) is 4.79 Å². The lowest BCUT2D eigenvalue weighted by Gasteiger charge is -2.17. The van der Waals surface area contributed by atoms with Gasteiger partial charge in [0.1, 0.15) is 0 Å². The van der Waals surface area contributed by atoms with E-state index < -0.39 is 0 Å². The first-order chi connectivity index (χ1) is 7.43. The van der Waals surface area contributed by atoms with Crippen molar-refractivity contribution in [2.24, 2.45) is 11.7 Å². The molecule has 0 saturated carbocycles. The van der Waals surface area contributed by atoms with Crippen LogP contribution in [-0.4, -0.2) is 11.9 Å². The normalized spacial score (nSPS) is 14.3. The highest BCUT2D eigenvalue weighted by molar-refractivity contribution is 5.93. The molecule has 0 saturated heterocycles. The van der Waals surface area contributed by atoms with Crippen LogP contribution in [0.5, 0.6) is 0 Å². The number of nitrogens with one attached hydrogen (secondary N) is 1. The molecule has 2 atom stereocenters. The summed E-state index contributed by atoms with van der Waals surface area (Å²) in [6.45, 7) is 7.71. The number of carbonyl (C=O) groups excluding carboxylic acids is 1. The number of amides is 1. The molecule has 0 bridgehead atoms. The molecule has 1 amide bonds.